The van der Waals surface area contributed by atoms with Gasteiger partial charge in [-0.1, -0.05) is 18.2 Å². The van der Waals surface area contributed by atoms with Crippen molar-refractivity contribution in [3.05, 3.63) is 36.9 Å². The minimum Gasteiger partial charge on any atom is -0.496 e. The van der Waals surface area contributed by atoms with E-state index < -0.39 is 0 Å². The molecule has 0 aromatic heterocycles. The number of rotatable bonds is 2. The molecule has 2 heteroatoms. The molecule has 2 rings (SSSR count). The highest BCUT2D eigenvalue weighted by Gasteiger charge is 2.18. The van der Waals surface area contributed by atoms with Crippen LogP contribution in [0.25, 0.3) is 0 Å². The first-order chi connectivity index (χ1) is 7.31. The largest absolute Gasteiger partial charge is 0.496 e. The second-order valence-electron chi connectivity index (χ2n) is 4.13. The molecule has 2 nitrogen and oxygen atoms in total. The topological polar surface area (TPSA) is 12.5 Å². The normalized spacial score (nSPS) is 19.1. The molecule has 1 aromatic carbocycles. The van der Waals surface area contributed by atoms with Crippen molar-refractivity contribution in [2.45, 2.75) is 18.8 Å². The lowest BCUT2D eigenvalue weighted by Gasteiger charge is -2.35. The highest BCUT2D eigenvalue weighted by Crippen LogP contribution is 2.33. The molecule has 0 bridgehead atoms. The first-order valence-electron chi connectivity index (χ1n) is 5.49. The molecule has 1 aliphatic rings. The van der Waals surface area contributed by atoms with Crippen LogP contribution in [0.1, 0.15) is 24.3 Å². The van der Waals surface area contributed by atoms with Crippen molar-refractivity contribution in [3.63, 3.8) is 0 Å². The number of nitrogens with zero attached hydrogens (tertiary/aromatic N) is 1. The van der Waals surface area contributed by atoms with Crippen LogP contribution in [-0.2, 0) is 0 Å². The Balaban J connectivity index is 2.15. The van der Waals surface area contributed by atoms with Gasteiger partial charge in [-0.2, -0.15) is 0 Å². The monoisotopic (exact) mass is 204 g/mol. The van der Waals surface area contributed by atoms with E-state index in [0.29, 0.717) is 5.92 Å². The Labute approximate surface area is 91.9 Å². The third-order valence-corrected chi connectivity index (χ3v) is 3.17. The molecular weight excluding hydrogens is 186 g/mol. The van der Waals surface area contributed by atoms with Gasteiger partial charge < -0.3 is 9.64 Å². The van der Waals surface area contributed by atoms with E-state index >= 15 is 0 Å². The number of hydrogen-bond acceptors (Lipinski definition) is 2. The van der Waals surface area contributed by atoms with Crippen LogP contribution in [0.2, 0.25) is 0 Å². The predicted molar refractivity (Wildman–Crippen MR) is 61.9 cm³/mol. The zero-order valence-electron chi connectivity index (χ0n) is 9.28. The molecular formula is C13H18NO-. The summed E-state index contributed by atoms with van der Waals surface area (Å²) in [5, 5.41) is 0. The average molecular weight is 204 g/mol. The first-order valence-corrected chi connectivity index (χ1v) is 5.49. The van der Waals surface area contributed by atoms with Crippen LogP contribution >= 0.6 is 0 Å². The van der Waals surface area contributed by atoms with Crippen LogP contribution in [0.5, 0.6) is 5.75 Å². The first kappa shape index (κ1) is 10.5. The minimum absolute atomic E-state index is 0.638. The van der Waals surface area contributed by atoms with Gasteiger partial charge in [0.1, 0.15) is 5.75 Å². The van der Waals surface area contributed by atoms with Crippen LogP contribution in [-0.4, -0.2) is 25.1 Å². The third-order valence-electron chi connectivity index (χ3n) is 3.17. The highest BCUT2D eigenvalue weighted by atomic mass is 16.5. The summed E-state index contributed by atoms with van der Waals surface area (Å²) >= 11 is 0. The third kappa shape index (κ3) is 2.32. The minimum atomic E-state index is 0.638. The fraction of sp³-hybridized carbons (Fsp3) is 0.462. The smallest absolute Gasteiger partial charge is 0.122 e. The molecule has 1 heterocycles. The summed E-state index contributed by atoms with van der Waals surface area (Å²) < 4.78 is 5.40. The number of hydrogen-bond donors (Lipinski definition) is 0. The Kier molecular flexibility index (Phi) is 3.27. The number of ether oxygens (including phenoxy) is 1. The molecule has 0 spiro atoms. The molecule has 1 aliphatic heterocycles. The van der Waals surface area contributed by atoms with Gasteiger partial charge in [-0.25, -0.2) is 0 Å². The molecule has 1 aromatic rings. The van der Waals surface area contributed by atoms with Gasteiger partial charge in [0.25, 0.3) is 0 Å². The van der Waals surface area contributed by atoms with E-state index in [1.807, 2.05) is 12.1 Å². The Morgan fingerprint density at radius 1 is 1.27 bits per heavy atom. The number of para-hydroxylation sites is 1. The zero-order chi connectivity index (χ0) is 10.7. The molecule has 15 heavy (non-hydrogen) atoms. The van der Waals surface area contributed by atoms with E-state index in [2.05, 4.69) is 24.1 Å². The van der Waals surface area contributed by atoms with Gasteiger partial charge in [0.05, 0.1) is 7.11 Å². The summed E-state index contributed by atoms with van der Waals surface area (Å²) in [6, 6.07) is 8.35. The summed E-state index contributed by atoms with van der Waals surface area (Å²) in [5.41, 5.74) is 1.35. The molecule has 0 radical (unpaired) electrons. The molecule has 0 amide bonds. The maximum absolute atomic E-state index is 5.40. The second kappa shape index (κ2) is 4.67. The quantitative estimate of drug-likeness (QED) is 0.687. The molecule has 82 valence electrons. The van der Waals surface area contributed by atoms with Crippen molar-refractivity contribution in [2.75, 3.05) is 20.2 Å². The zero-order valence-corrected chi connectivity index (χ0v) is 9.28. The lowest BCUT2D eigenvalue weighted by molar-refractivity contribution is 0.276. The van der Waals surface area contributed by atoms with Gasteiger partial charge >= 0.3 is 0 Å². The van der Waals surface area contributed by atoms with E-state index in [1.54, 1.807) is 7.11 Å². The van der Waals surface area contributed by atoms with Gasteiger partial charge in [-0.15, -0.1) is 0 Å². The average Bonchev–Trinajstić information content (AvgIpc) is 2.30. The Hall–Kier alpha value is -1.02. The van der Waals surface area contributed by atoms with Crippen molar-refractivity contribution in [3.8, 4) is 5.75 Å². The van der Waals surface area contributed by atoms with Gasteiger partial charge in [-0.3, -0.25) is 7.05 Å². The standard InChI is InChI=1S/C13H18NO/c1-14-9-7-11(8-10-14)12-5-3-4-6-13(12)15-2/h3-6,11H,1,7-10H2,2H3/q-1. The molecule has 1 saturated heterocycles. The summed E-state index contributed by atoms with van der Waals surface area (Å²) in [6.45, 7) is 2.17. The Bertz CT molecular complexity index is 316. The number of likely N-dealkylation sites (tertiary alicyclic amines) is 1. The lowest BCUT2D eigenvalue weighted by atomic mass is 9.89. The fourth-order valence-electron chi connectivity index (χ4n) is 2.25. The van der Waals surface area contributed by atoms with Crippen molar-refractivity contribution in [2.24, 2.45) is 0 Å². The van der Waals surface area contributed by atoms with E-state index in [-0.39, 0.29) is 0 Å². The summed E-state index contributed by atoms with van der Waals surface area (Å²) in [7, 11) is 5.72. The van der Waals surface area contributed by atoms with Gasteiger partial charge in [-0.05, 0) is 43.5 Å². The maximum atomic E-state index is 5.40. The van der Waals surface area contributed by atoms with Crippen LogP contribution in [0, 0.1) is 7.05 Å². The Morgan fingerprint density at radius 3 is 2.60 bits per heavy atom. The Morgan fingerprint density at radius 2 is 1.93 bits per heavy atom. The SMILES string of the molecule is [CH2-]N1CCC(c2ccccc2OC)CC1. The van der Waals surface area contributed by atoms with E-state index in [1.165, 1.54) is 18.4 Å². The van der Waals surface area contributed by atoms with Crippen LogP contribution in [0.3, 0.4) is 0 Å². The molecule has 0 unspecified atom stereocenters. The van der Waals surface area contributed by atoms with Crippen molar-refractivity contribution in [1.29, 1.82) is 0 Å². The lowest BCUT2D eigenvalue weighted by Crippen LogP contribution is -2.27. The number of piperidine rings is 1. The van der Waals surface area contributed by atoms with Gasteiger partial charge in [0, 0.05) is 0 Å². The molecule has 0 atom stereocenters. The fourth-order valence-corrected chi connectivity index (χ4v) is 2.25. The summed E-state index contributed by atoms with van der Waals surface area (Å²) in [5.74, 6) is 1.67. The van der Waals surface area contributed by atoms with Crippen LogP contribution in [0.15, 0.2) is 24.3 Å². The highest BCUT2D eigenvalue weighted by molar-refractivity contribution is 5.36. The van der Waals surface area contributed by atoms with Crippen molar-refractivity contribution >= 4 is 0 Å². The van der Waals surface area contributed by atoms with Crippen LogP contribution < -0.4 is 4.74 Å². The van der Waals surface area contributed by atoms with Gasteiger partial charge in [0.2, 0.25) is 0 Å². The molecule has 1 fully saturated rings. The molecule has 0 aliphatic carbocycles. The van der Waals surface area contributed by atoms with Crippen molar-refractivity contribution in [1.82, 2.24) is 4.90 Å². The van der Waals surface area contributed by atoms with Crippen molar-refractivity contribution < 1.29 is 4.74 Å². The van der Waals surface area contributed by atoms with Crippen LogP contribution in [0.4, 0.5) is 0 Å². The van der Waals surface area contributed by atoms with Gasteiger partial charge in [0.15, 0.2) is 0 Å². The second-order valence-corrected chi connectivity index (χ2v) is 4.13. The summed E-state index contributed by atoms with van der Waals surface area (Å²) in [6.07, 6.45) is 2.37. The van der Waals surface area contributed by atoms with E-state index in [0.717, 1.165) is 18.8 Å². The summed E-state index contributed by atoms with van der Waals surface area (Å²) in [4.78, 5) is 2.14. The van der Waals surface area contributed by atoms with E-state index in [9.17, 15) is 0 Å². The molecule has 0 N–H and O–H groups in total. The van der Waals surface area contributed by atoms with E-state index in [4.69, 9.17) is 4.74 Å². The molecule has 0 saturated carbocycles. The predicted octanol–water partition coefficient (Wildman–Crippen LogP) is 2.67. The number of benzene rings is 1. The maximum Gasteiger partial charge on any atom is 0.122 e. The number of methoxy groups -OCH3 is 1.